The fourth-order valence-electron chi connectivity index (χ4n) is 2.20. The van der Waals surface area contributed by atoms with Gasteiger partial charge in [-0.2, -0.15) is 5.26 Å². The average molecular weight is 290 g/mol. The summed E-state index contributed by atoms with van der Waals surface area (Å²) in [5, 5.41) is 22.7. The Labute approximate surface area is 120 Å². The van der Waals surface area contributed by atoms with Gasteiger partial charge in [0.15, 0.2) is 0 Å². The van der Waals surface area contributed by atoms with Crippen molar-refractivity contribution in [2.24, 2.45) is 5.73 Å². The lowest BCUT2D eigenvalue weighted by Gasteiger charge is -2.13. The first-order valence-corrected chi connectivity index (χ1v) is 6.38. The van der Waals surface area contributed by atoms with E-state index in [1.165, 1.54) is 18.2 Å². The van der Waals surface area contributed by atoms with Crippen LogP contribution in [0.1, 0.15) is 18.4 Å². The molecular formula is C13H14N4O4. The van der Waals surface area contributed by atoms with Crippen molar-refractivity contribution in [1.29, 1.82) is 5.26 Å². The molecule has 8 heteroatoms. The molecule has 1 saturated heterocycles. The number of rotatable bonds is 5. The molecule has 0 aromatic heterocycles. The Morgan fingerprint density at radius 2 is 2.33 bits per heavy atom. The lowest BCUT2D eigenvalue weighted by atomic mass is 10.1. The summed E-state index contributed by atoms with van der Waals surface area (Å²) in [6.45, 7) is 0.305. The molecule has 0 bridgehead atoms. The van der Waals surface area contributed by atoms with E-state index in [4.69, 9.17) is 15.7 Å². The van der Waals surface area contributed by atoms with Crippen molar-refractivity contribution in [2.75, 3.05) is 11.9 Å². The maximum atomic E-state index is 11.0. The molecule has 2 atom stereocenters. The van der Waals surface area contributed by atoms with Crippen LogP contribution < -0.4 is 11.1 Å². The van der Waals surface area contributed by atoms with Crippen molar-refractivity contribution in [3.63, 3.8) is 0 Å². The van der Waals surface area contributed by atoms with E-state index in [1.54, 1.807) is 0 Å². The number of benzene rings is 1. The zero-order valence-corrected chi connectivity index (χ0v) is 11.1. The van der Waals surface area contributed by atoms with E-state index in [9.17, 15) is 14.9 Å². The molecule has 1 aliphatic rings. The molecule has 1 aliphatic heterocycles. The van der Waals surface area contributed by atoms with Crippen LogP contribution in [-0.4, -0.2) is 29.6 Å². The SMILES string of the molecule is N#Cc1ccc([N+](=O)[O-])c(NC[C@H]2CC[C@@H](C(N)=O)O2)c1. The van der Waals surface area contributed by atoms with Crippen molar-refractivity contribution >= 4 is 17.3 Å². The maximum absolute atomic E-state index is 11.0. The Morgan fingerprint density at radius 1 is 1.57 bits per heavy atom. The van der Waals surface area contributed by atoms with Crippen molar-refractivity contribution < 1.29 is 14.5 Å². The molecule has 21 heavy (non-hydrogen) atoms. The Balaban J connectivity index is 2.04. The third-order valence-electron chi connectivity index (χ3n) is 3.27. The molecule has 0 radical (unpaired) electrons. The average Bonchev–Trinajstić information content (AvgIpc) is 2.93. The molecule has 3 N–H and O–H groups in total. The number of anilines is 1. The van der Waals surface area contributed by atoms with Gasteiger partial charge in [-0.15, -0.1) is 0 Å². The van der Waals surface area contributed by atoms with Gasteiger partial charge in [-0.05, 0) is 25.0 Å². The van der Waals surface area contributed by atoms with Crippen molar-refractivity contribution in [2.45, 2.75) is 25.0 Å². The summed E-state index contributed by atoms with van der Waals surface area (Å²) < 4.78 is 5.43. The standard InChI is InChI=1S/C13H14N4O4/c14-6-8-1-3-11(17(19)20)10(5-8)16-7-9-2-4-12(21-9)13(15)18/h1,3,5,9,12,16H,2,4,7H2,(H2,15,18)/t9-,12+/m1/s1. The second kappa shape index (κ2) is 6.19. The number of nitrogens with zero attached hydrogens (tertiary/aromatic N) is 2. The van der Waals surface area contributed by atoms with Gasteiger partial charge in [-0.3, -0.25) is 14.9 Å². The highest BCUT2D eigenvalue weighted by atomic mass is 16.6. The van der Waals surface area contributed by atoms with Gasteiger partial charge in [0.25, 0.3) is 5.69 Å². The highest BCUT2D eigenvalue weighted by molar-refractivity contribution is 5.79. The molecule has 1 heterocycles. The number of nitro benzene ring substituents is 1. The lowest BCUT2D eigenvalue weighted by Crippen LogP contribution is -2.30. The highest BCUT2D eigenvalue weighted by Gasteiger charge is 2.29. The lowest BCUT2D eigenvalue weighted by molar-refractivity contribution is -0.384. The summed E-state index contributed by atoms with van der Waals surface area (Å²) in [6.07, 6.45) is 0.346. The van der Waals surface area contributed by atoms with E-state index in [2.05, 4.69) is 5.32 Å². The van der Waals surface area contributed by atoms with Crippen LogP contribution in [0, 0.1) is 21.4 Å². The van der Waals surface area contributed by atoms with Gasteiger partial charge < -0.3 is 15.8 Å². The van der Waals surface area contributed by atoms with E-state index >= 15 is 0 Å². The van der Waals surface area contributed by atoms with Gasteiger partial charge >= 0.3 is 0 Å². The van der Waals surface area contributed by atoms with Crippen LogP contribution in [-0.2, 0) is 9.53 Å². The topological polar surface area (TPSA) is 131 Å². The first kappa shape index (κ1) is 14.7. The number of primary amides is 1. The van der Waals surface area contributed by atoms with Gasteiger partial charge in [0.05, 0.1) is 22.7 Å². The van der Waals surface area contributed by atoms with Crippen LogP contribution in [0.4, 0.5) is 11.4 Å². The summed E-state index contributed by atoms with van der Waals surface area (Å²) in [5.41, 5.74) is 5.63. The number of nitrogens with two attached hydrogens (primary N) is 1. The Hall–Kier alpha value is -2.66. The molecule has 0 saturated carbocycles. The van der Waals surface area contributed by atoms with E-state index in [-0.39, 0.29) is 17.5 Å². The monoisotopic (exact) mass is 290 g/mol. The number of hydrogen-bond acceptors (Lipinski definition) is 6. The number of hydrogen-bond donors (Lipinski definition) is 2. The fourth-order valence-corrected chi connectivity index (χ4v) is 2.20. The quantitative estimate of drug-likeness (QED) is 0.612. The minimum absolute atomic E-state index is 0.113. The molecule has 1 aromatic carbocycles. The van der Waals surface area contributed by atoms with Crippen LogP contribution in [0.2, 0.25) is 0 Å². The highest BCUT2D eigenvalue weighted by Crippen LogP contribution is 2.26. The fraction of sp³-hybridized carbons (Fsp3) is 0.385. The minimum Gasteiger partial charge on any atom is -0.377 e. The molecule has 0 spiro atoms. The third-order valence-corrected chi connectivity index (χ3v) is 3.27. The number of ether oxygens (including phenoxy) is 1. The van der Waals surface area contributed by atoms with Crippen LogP contribution >= 0.6 is 0 Å². The first-order valence-electron chi connectivity index (χ1n) is 6.38. The predicted octanol–water partition coefficient (Wildman–Crippen LogP) is 0.911. The summed E-state index contributed by atoms with van der Waals surface area (Å²) in [7, 11) is 0. The summed E-state index contributed by atoms with van der Waals surface area (Å²) in [4.78, 5) is 21.4. The van der Waals surface area contributed by atoms with Gasteiger partial charge in [-0.1, -0.05) is 0 Å². The number of carbonyl (C=O) groups excluding carboxylic acids is 1. The van der Waals surface area contributed by atoms with E-state index in [0.717, 1.165) is 0 Å². The van der Waals surface area contributed by atoms with Crippen LogP contribution in [0.3, 0.4) is 0 Å². The molecule has 1 aromatic rings. The Kier molecular flexibility index (Phi) is 4.35. The molecule has 0 aliphatic carbocycles. The molecule has 110 valence electrons. The van der Waals surface area contributed by atoms with Gasteiger partial charge in [0.1, 0.15) is 11.8 Å². The largest absolute Gasteiger partial charge is 0.377 e. The molecule has 1 amide bonds. The molecule has 2 rings (SSSR count). The van der Waals surface area contributed by atoms with Crippen molar-refractivity contribution in [3.8, 4) is 6.07 Å². The summed E-state index contributed by atoms with van der Waals surface area (Å²) >= 11 is 0. The summed E-state index contributed by atoms with van der Waals surface area (Å²) in [5.74, 6) is -0.505. The zero-order valence-electron chi connectivity index (χ0n) is 11.1. The Morgan fingerprint density at radius 3 is 2.90 bits per heavy atom. The zero-order chi connectivity index (χ0) is 15.4. The maximum Gasteiger partial charge on any atom is 0.292 e. The first-order chi connectivity index (χ1) is 10.0. The van der Waals surface area contributed by atoms with E-state index in [0.29, 0.717) is 24.9 Å². The molecular weight excluding hydrogens is 276 g/mol. The minimum atomic E-state index is -0.600. The van der Waals surface area contributed by atoms with Gasteiger partial charge in [0, 0.05) is 12.6 Å². The van der Waals surface area contributed by atoms with Gasteiger partial charge in [-0.25, -0.2) is 0 Å². The predicted molar refractivity (Wildman–Crippen MR) is 73.4 cm³/mol. The number of nitro groups is 1. The van der Waals surface area contributed by atoms with Crippen LogP contribution in [0.25, 0.3) is 0 Å². The summed E-state index contributed by atoms with van der Waals surface area (Å²) in [6, 6.07) is 6.01. The Bertz CT molecular complexity index is 611. The number of carbonyl (C=O) groups is 1. The second-order valence-electron chi connectivity index (χ2n) is 4.71. The van der Waals surface area contributed by atoms with Crippen molar-refractivity contribution in [3.05, 3.63) is 33.9 Å². The third kappa shape index (κ3) is 3.46. The van der Waals surface area contributed by atoms with E-state index in [1.807, 2.05) is 6.07 Å². The second-order valence-corrected chi connectivity index (χ2v) is 4.71. The normalized spacial score (nSPS) is 20.7. The molecule has 0 unspecified atom stereocenters. The number of nitriles is 1. The van der Waals surface area contributed by atoms with E-state index < -0.39 is 16.9 Å². The van der Waals surface area contributed by atoms with Gasteiger partial charge in [0.2, 0.25) is 5.91 Å². The number of nitrogens with one attached hydrogen (secondary N) is 1. The smallest absolute Gasteiger partial charge is 0.292 e. The van der Waals surface area contributed by atoms with Crippen LogP contribution in [0.15, 0.2) is 18.2 Å². The molecule has 1 fully saturated rings. The van der Waals surface area contributed by atoms with Crippen molar-refractivity contribution in [1.82, 2.24) is 0 Å². The van der Waals surface area contributed by atoms with Crippen LogP contribution in [0.5, 0.6) is 0 Å². The molecule has 8 nitrogen and oxygen atoms in total. The number of amides is 1.